The number of hydrogen-bond acceptors (Lipinski definition) is 5. The van der Waals surface area contributed by atoms with E-state index in [1.807, 2.05) is 6.26 Å². The van der Waals surface area contributed by atoms with Gasteiger partial charge in [0.25, 0.3) is 0 Å². The predicted molar refractivity (Wildman–Crippen MR) is 118 cm³/mol. The number of alkyl halides is 1. The molecule has 2 aromatic rings. The summed E-state index contributed by atoms with van der Waals surface area (Å²) in [6, 6.07) is 13.9. The lowest BCUT2D eigenvalue weighted by atomic mass is 10.2. The predicted octanol–water partition coefficient (Wildman–Crippen LogP) is 5.71. The molecule has 4 nitrogen and oxygen atoms in total. The first kappa shape index (κ1) is 21.7. The minimum atomic E-state index is -0.530. The van der Waals surface area contributed by atoms with Gasteiger partial charge in [0.15, 0.2) is 0 Å². The molecule has 0 bridgehead atoms. The number of hydrogen-bond donors (Lipinski definition) is 0. The average molecular weight is 549 g/mol. The van der Waals surface area contributed by atoms with Gasteiger partial charge in [-0.2, -0.15) is 11.8 Å². The van der Waals surface area contributed by atoms with E-state index in [1.165, 1.54) is 11.8 Å². The summed E-state index contributed by atoms with van der Waals surface area (Å²) in [7, 11) is 0. The van der Waals surface area contributed by atoms with Crippen LogP contribution in [0.4, 0.5) is 0 Å². The van der Waals surface area contributed by atoms with Gasteiger partial charge in [0.05, 0.1) is 21.8 Å². The highest BCUT2D eigenvalue weighted by Crippen LogP contribution is 2.37. The number of rotatable bonds is 5. The highest BCUT2D eigenvalue weighted by molar-refractivity contribution is 9.10. The Kier molecular flexibility index (Phi) is 7.48. The van der Waals surface area contributed by atoms with Gasteiger partial charge < -0.3 is 9.47 Å². The highest BCUT2D eigenvalue weighted by atomic mass is 79.9. The maximum atomic E-state index is 12.5. The standard InChI is InChI=1S/C20H17Br2ClO4S/c1-28-18-16(27-20(25)12-4-8-14(22)9-5-12)10-15(17(18)23)26-19(24)11-2-6-13(21)7-3-11/h2-9,15-18H,10H2,1H3/t15-,16+,17+,18+/m1/s1. The first-order chi connectivity index (χ1) is 13.4. The monoisotopic (exact) mass is 546 g/mol. The number of halogens is 3. The molecule has 2 aromatic carbocycles. The van der Waals surface area contributed by atoms with Gasteiger partial charge in [-0.15, -0.1) is 11.6 Å². The molecule has 1 saturated carbocycles. The van der Waals surface area contributed by atoms with Crippen molar-refractivity contribution in [2.75, 3.05) is 6.26 Å². The van der Waals surface area contributed by atoms with Gasteiger partial charge in [-0.25, -0.2) is 9.59 Å². The van der Waals surface area contributed by atoms with E-state index in [2.05, 4.69) is 31.9 Å². The van der Waals surface area contributed by atoms with Crippen molar-refractivity contribution >= 4 is 67.2 Å². The van der Waals surface area contributed by atoms with E-state index >= 15 is 0 Å². The fourth-order valence-electron chi connectivity index (χ4n) is 3.00. The summed E-state index contributed by atoms with van der Waals surface area (Å²) in [6.07, 6.45) is 1.30. The minimum Gasteiger partial charge on any atom is -0.457 e. The van der Waals surface area contributed by atoms with Crippen molar-refractivity contribution in [3.8, 4) is 0 Å². The Bertz CT molecular complexity index is 844. The van der Waals surface area contributed by atoms with Gasteiger partial charge in [0, 0.05) is 15.4 Å². The summed E-state index contributed by atoms with van der Waals surface area (Å²) in [4.78, 5) is 24.9. The van der Waals surface area contributed by atoms with E-state index in [0.29, 0.717) is 17.5 Å². The normalized spacial score (nSPS) is 24.0. The van der Waals surface area contributed by atoms with E-state index < -0.39 is 29.5 Å². The number of ether oxygens (including phenoxy) is 2. The molecule has 3 rings (SSSR count). The average Bonchev–Trinajstić information content (AvgIpc) is 2.96. The van der Waals surface area contributed by atoms with Gasteiger partial charge in [-0.3, -0.25) is 0 Å². The van der Waals surface area contributed by atoms with Gasteiger partial charge in [0.1, 0.15) is 12.2 Å². The molecular weight excluding hydrogens is 532 g/mol. The molecule has 0 amide bonds. The van der Waals surface area contributed by atoms with E-state index in [1.54, 1.807) is 48.5 Å². The van der Waals surface area contributed by atoms with Crippen LogP contribution in [-0.4, -0.2) is 41.0 Å². The second kappa shape index (κ2) is 9.65. The highest BCUT2D eigenvalue weighted by Gasteiger charge is 2.46. The number of benzene rings is 2. The fraction of sp³-hybridized carbons (Fsp3) is 0.300. The van der Waals surface area contributed by atoms with Crippen LogP contribution in [0.15, 0.2) is 57.5 Å². The van der Waals surface area contributed by atoms with Crippen molar-refractivity contribution in [2.24, 2.45) is 0 Å². The van der Waals surface area contributed by atoms with E-state index in [0.717, 1.165) is 8.95 Å². The molecule has 28 heavy (non-hydrogen) atoms. The summed E-state index contributed by atoms with van der Waals surface area (Å²) >= 11 is 14.7. The van der Waals surface area contributed by atoms with Gasteiger partial charge in [0.2, 0.25) is 0 Å². The maximum Gasteiger partial charge on any atom is 0.338 e. The van der Waals surface area contributed by atoms with Crippen LogP contribution in [-0.2, 0) is 9.47 Å². The van der Waals surface area contributed by atoms with Crippen LogP contribution >= 0.6 is 55.2 Å². The summed E-state index contributed by atoms with van der Waals surface area (Å²) in [5.74, 6) is -0.858. The maximum absolute atomic E-state index is 12.5. The molecular formula is C20H17Br2ClO4S. The fourth-order valence-corrected chi connectivity index (χ4v) is 5.06. The van der Waals surface area contributed by atoms with Crippen molar-refractivity contribution in [3.05, 3.63) is 68.6 Å². The van der Waals surface area contributed by atoms with Crippen LogP contribution in [0.2, 0.25) is 0 Å². The zero-order valence-electron chi connectivity index (χ0n) is 14.8. The van der Waals surface area contributed by atoms with Crippen LogP contribution in [0, 0.1) is 0 Å². The summed E-state index contributed by atoms with van der Waals surface area (Å²) in [6.45, 7) is 0. The van der Waals surface area contributed by atoms with Gasteiger partial charge in [-0.1, -0.05) is 31.9 Å². The number of carbonyl (C=O) groups excluding carboxylic acids is 2. The molecule has 0 aromatic heterocycles. The third-order valence-electron chi connectivity index (χ3n) is 4.45. The van der Waals surface area contributed by atoms with E-state index in [4.69, 9.17) is 21.1 Å². The SMILES string of the molecule is CS[C@@H]1[C@@H](Cl)[C@H](OC(=O)c2ccc(Br)cc2)C[C@@H]1OC(=O)c1ccc(Br)cc1. The van der Waals surface area contributed by atoms with Crippen LogP contribution in [0.25, 0.3) is 0 Å². The Morgan fingerprint density at radius 3 is 1.75 bits per heavy atom. The second-order valence-corrected chi connectivity index (χ2v) is 9.63. The van der Waals surface area contributed by atoms with Crippen molar-refractivity contribution in [2.45, 2.75) is 29.3 Å². The molecule has 0 heterocycles. The van der Waals surface area contributed by atoms with Crippen molar-refractivity contribution < 1.29 is 19.1 Å². The summed E-state index contributed by atoms with van der Waals surface area (Å²) in [5.41, 5.74) is 0.910. The molecule has 8 heteroatoms. The van der Waals surface area contributed by atoms with E-state index in [-0.39, 0.29) is 5.25 Å². The summed E-state index contributed by atoms with van der Waals surface area (Å²) < 4.78 is 13.1. The molecule has 1 aliphatic rings. The first-order valence-corrected chi connectivity index (χ1v) is 11.8. The largest absolute Gasteiger partial charge is 0.457 e. The zero-order chi connectivity index (χ0) is 20.3. The lowest BCUT2D eigenvalue weighted by Crippen LogP contribution is -2.29. The molecule has 0 radical (unpaired) electrons. The summed E-state index contributed by atoms with van der Waals surface area (Å²) in [5, 5.41) is -0.610. The number of esters is 2. The van der Waals surface area contributed by atoms with Crippen molar-refractivity contribution in [3.63, 3.8) is 0 Å². The number of thioether (sulfide) groups is 1. The number of carbonyl (C=O) groups is 2. The van der Waals surface area contributed by atoms with Crippen LogP contribution in [0.1, 0.15) is 27.1 Å². The minimum absolute atomic E-state index is 0.163. The third kappa shape index (κ3) is 5.12. The molecule has 148 valence electrons. The Morgan fingerprint density at radius 1 is 0.893 bits per heavy atom. The molecule has 4 atom stereocenters. The van der Waals surface area contributed by atoms with Crippen LogP contribution in [0.3, 0.4) is 0 Å². The Hall–Kier alpha value is -1.02. The van der Waals surface area contributed by atoms with Crippen LogP contribution < -0.4 is 0 Å². The lowest BCUT2D eigenvalue weighted by molar-refractivity contribution is 0.0197. The van der Waals surface area contributed by atoms with E-state index in [9.17, 15) is 9.59 Å². The molecule has 0 spiro atoms. The Balaban J connectivity index is 1.66. The van der Waals surface area contributed by atoms with Gasteiger partial charge in [-0.05, 0) is 54.8 Å². The zero-order valence-corrected chi connectivity index (χ0v) is 19.6. The molecule has 0 N–H and O–H groups in total. The van der Waals surface area contributed by atoms with Crippen LogP contribution in [0.5, 0.6) is 0 Å². The molecule has 1 fully saturated rings. The molecule has 0 saturated heterocycles. The topological polar surface area (TPSA) is 52.6 Å². The second-order valence-electron chi connectivity index (χ2n) is 6.28. The first-order valence-electron chi connectivity index (χ1n) is 8.49. The quantitative estimate of drug-likeness (QED) is 0.354. The Morgan fingerprint density at radius 2 is 1.32 bits per heavy atom. The third-order valence-corrected chi connectivity index (χ3v) is 7.35. The molecule has 1 aliphatic carbocycles. The van der Waals surface area contributed by atoms with Gasteiger partial charge >= 0.3 is 11.9 Å². The molecule has 0 unspecified atom stereocenters. The van der Waals surface area contributed by atoms with Crippen molar-refractivity contribution in [1.29, 1.82) is 0 Å². The molecule has 0 aliphatic heterocycles. The smallest absolute Gasteiger partial charge is 0.338 e. The Labute approximate surface area is 189 Å². The lowest BCUT2D eigenvalue weighted by Gasteiger charge is -2.20. The van der Waals surface area contributed by atoms with Crippen molar-refractivity contribution in [1.82, 2.24) is 0 Å².